The van der Waals surface area contributed by atoms with Gasteiger partial charge in [-0.1, -0.05) is 61.9 Å². The molecule has 124 valence electrons. The van der Waals surface area contributed by atoms with E-state index in [2.05, 4.69) is 68.6 Å². The third-order valence-electron chi connectivity index (χ3n) is 4.77. The number of terminal acetylenes is 1. The largest absolute Gasteiger partial charge is 0.385 e. The average Bonchev–Trinajstić information content (AvgIpc) is 3.07. The molecule has 0 bridgehead atoms. The molecule has 2 rings (SSSR count). The smallest absolute Gasteiger partial charge is 0.0340 e. The molecule has 1 nitrogen and oxygen atoms in total. The Bertz CT molecular complexity index is 725. The van der Waals surface area contributed by atoms with Gasteiger partial charge in [0.25, 0.3) is 0 Å². The second kappa shape index (κ2) is 8.41. The van der Waals surface area contributed by atoms with Gasteiger partial charge in [0.05, 0.1) is 0 Å². The van der Waals surface area contributed by atoms with Crippen molar-refractivity contribution in [3.8, 4) is 12.3 Å². The fourth-order valence-electron chi connectivity index (χ4n) is 3.17. The van der Waals surface area contributed by atoms with Crippen molar-refractivity contribution in [2.45, 2.75) is 33.1 Å². The van der Waals surface area contributed by atoms with Crippen LogP contribution in [0.25, 0.3) is 11.8 Å². The lowest BCUT2D eigenvalue weighted by Crippen LogP contribution is -2.17. The topological polar surface area (TPSA) is 12.0 Å². The van der Waals surface area contributed by atoms with Crippen LogP contribution in [0.5, 0.6) is 0 Å². The lowest BCUT2D eigenvalue weighted by Gasteiger charge is -2.18. The summed E-state index contributed by atoms with van der Waals surface area (Å²) in [6.45, 7) is 13.3. The van der Waals surface area contributed by atoms with Gasteiger partial charge < -0.3 is 5.32 Å². The molecule has 0 aliphatic heterocycles. The predicted molar refractivity (Wildman–Crippen MR) is 106 cm³/mol. The SMILES string of the molecule is C#CC1=CC=C(C(CC)CCNC(=C)c2ccc(C=C)c(C)c2)C1. The summed E-state index contributed by atoms with van der Waals surface area (Å²) < 4.78 is 0. The van der Waals surface area contributed by atoms with Crippen LogP contribution in [-0.4, -0.2) is 6.54 Å². The predicted octanol–water partition coefficient (Wildman–Crippen LogP) is 5.50. The first-order chi connectivity index (χ1) is 11.6. The highest BCUT2D eigenvalue weighted by atomic mass is 14.9. The van der Waals surface area contributed by atoms with Gasteiger partial charge in [0.2, 0.25) is 0 Å². The van der Waals surface area contributed by atoms with Gasteiger partial charge in [-0.2, -0.15) is 0 Å². The number of nitrogens with one attached hydrogen (secondary N) is 1. The lowest BCUT2D eigenvalue weighted by molar-refractivity contribution is 0.528. The van der Waals surface area contributed by atoms with Crippen molar-refractivity contribution < 1.29 is 0 Å². The van der Waals surface area contributed by atoms with Crippen LogP contribution in [0.15, 0.2) is 54.7 Å². The minimum Gasteiger partial charge on any atom is -0.385 e. The van der Waals surface area contributed by atoms with Gasteiger partial charge in [-0.15, -0.1) is 6.42 Å². The Morgan fingerprint density at radius 2 is 2.21 bits per heavy atom. The molecule has 0 aromatic heterocycles. The van der Waals surface area contributed by atoms with E-state index in [9.17, 15) is 0 Å². The molecule has 0 amide bonds. The summed E-state index contributed by atoms with van der Waals surface area (Å²) in [5.41, 5.74) is 7.07. The van der Waals surface area contributed by atoms with Crippen molar-refractivity contribution in [1.82, 2.24) is 5.32 Å². The standard InChI is InChI=1S/C23H27N/c1-6-19-9-10-23(16-19)21(8-3)13-14-24-18(5)22-12-11-20(7-2)17(4)15-22/h1,7,9-12,15,21,24H,2,5,8,13-14,16H2,3-4H3. The number of allylic oxidation sites excluding steroid dienone is 4. The molecule has 24 heavy (non-hydrogen) atoms. The van der Waals surface area contributed by atoms with Gasteiger partial charge in [0.1, 0.15) is 0 Å². The van der Waals surface area contributed by atoms with Crippen molar-refractivity contribution in [2.75, 3.05) is 6.54 Å². The van der Waals surface area contributed by atoms with Crippen LogP contribution < -0.4 is 5.32 Å². The van der Waals surface area contributed by atoms with Crippen LogP contribution in [0.3, 0.4) is 0 Å². The molecule has 0 saturated heterocycles. The number of rotatable bonds is 8. The molecule has 1 aliphatic carbocycles. The molecule has 0 fully saturated rings. The number of benzene rings is 1. The molecule has 1 aromatic rings. The molecule has 1 unspecified atom stereocenters. The third kappa shape index (κ3) is 4.30. The summed E-state index contributed by atoms with van der Waals surface area (Å²) in [7, 11) is 0. The molecule has 1 aliphatic rings. The van der Waals surface area contributed by atoms with Crippen molar-refractivity contribution in [2.24, 2.45) is 5.92 Å². The molecule has 0 radical (unpaired) electrons. The highest BCUT2D eigenvalue weighted by Crippen LogP contribution is 2.29. The van der Waals surface area contributed by atoms with Gasteiger partial charge in [-0.05, 0) is 48.4 Å². The van der Waals surface area contributed by atoms with E-state index in [1.54, 1.807) is 0 Å². The van der Waals surface area contributed by atoms with Crippen LogP contribution in [0.2, 0.25) is 0 Å². The fraction of sp³-hybridized carbons (Fsp3) is 0.304. The number of hydrogen-bond donors (Lipinski definition) is 1. The summed E-state index contributed by atoms with van der Waals surface area (Å²) in [5.74, 6) is 3.34. The molecular weight excluding hydrogens is 290 g/mol. The molecule has 1 heteroatoms. The van der Waals surface area contributed by atoms with E-state index < -0.39 is 0 Å². The van der Waals surface area contributed by atoms with Gasteiger partial charge in [0, 0.05) is 24.2 Å². The maximum atomic E-state index is 5.49. The molecule has 1 N–H and O–H groups in total. The summed E-state index contributed by atoms with van der Waals surface area (Å²) in [6, 6.07) is 6.35. The van der Waals surface area contributed by atoms with Crippen molar-refractivity contribution in [1.29, 1.82) is 0 Å². The molecule has 0 saturated carbocycles. The van der Waals surface area contributed by atoms with Gasteiger partial charge >= 0.3 is 0 Å². The van der Waals surface area contributed by atoms with Crippen molar-refractivity contribution in [3.05, 3.63) is 71.3 Å². The van der Waals surface area contributed by atoms with Crippen LogP contribution in [0, 0.1) is 25.2 Å². The zero-order valence-corrected chi connectivity index (χ0v) is 14.9. The molecule has 1 atom stereocenters. The van der Waals surface area contributed by atoms with Crippen LogP contribution in [-0.2, 0) is 0 Å². The molecule has 1 aromatic carbocycles. The Hall–Kier alpha value is -2.46. The fourth-order valence-corrected chi connectivity index (χ4v) is 3.17. The van der Waals surface area contributed by atoms with Crippen LogP contribution in [0.1, 0.15) is 42.9 Å². The Morgan fingerprint density at radius 3 is 2.79 bits per heavy atom. The van der Waals surface area contributed by atoms with E-state index in [0.717, 1.165) is 42.6 Å². The van der Waals surface area contributed by atoms with E-state index in [1.165, 1.54) is 16.7 Å². The highest BCUT2D eigenvalue weighted by Gasteiger charge is 2.16. The second-order valence-electron chi connectivity index (χ2n) is 6.33. The van der Waals surface area contributed by atoms with Gasteiger partial charge in [-0.25, -0.2) is 0 Å². The minimum atomic E-state index is 0.581. The van der Waals surface area contributed by atoms with Gasteiger partial charge in [0.15, 0.2) is 0 Å². The van der Waals surface area contributed by atoms with Crippen molar-refractivity contribution >= 4 is 11.8 Å². The minimum absolute atomic E-state index is 0.581. The Balaban J connectivity index is 1.87. The molecular formula is C23H27N. The van der Waals surface area contributed by atoms with E-state index >= 15 is 0 Å². The Morgan fingerprint density at radius 1 is 1.42 bits per heavy atom. The Labute approximate surface area is 146 Å². The number of hydrogen-bond acceptors (Lipinski definition) is 1. The van der Waals surface area contributed by atoms with Crippen LogP contribution >= 0.6 is 0 Å². The Kier molecular flexibility index (Phi) is 6.27. The molecule has 0 heterocycles. The van der Waals surface area contributed by atoms with E-state index in [-0.39, 0.29) is 0 Å². The third-order valence-corrected chi connectivity index (χ3v) is 4.77. The summed E-state index contributed by atoms with van der Waals surface area (Å²) in [4.78, 5) is 0. The maximum absolute atomic E-state index is 5.49. The van der Waals surface area contributed by atoms with E-state index in [1.807, 2.05) is 6.08 Å². The quantitative estimate of drug-likeness (QED) is 0.624. The highest BCUT2D eigenvalue weighted by molar-refractivity contribution is 5.65. The lowest BCUT2D eigenvalue weighted by atomic mass is 9.91. The summed E-state index contributed by atoms with van der Waals surface area (Å²) in [6.07, 6.45) is 14.8. The zero-order chi connectivity index (χ0) is 17.5. The maximum Gasteiger partial charge on any atom is 0.0340 e. The summed E-state index contributed by atoms with van der Waals surface area (Å²) in [5, 5.41) is 3.47. The van der Waals surface area contributed by atoms with E-state index in [0.29, 0.717) is 5.92 Å². The first-order valence-electron chi connectivity index (χ1n) is 8.61. The molecule has 0 spiro atoms. The van der Waals surface area contributed by atoms with Crippen LogP contribution in [0.4, 0.5) is 0 Å². The first-order valence-corrected chi connectivity index (χ1v) is 8.61. The van der Waals surface area contributed by atoms with Crippen molar-refractivity contribution in [3.63, 3.8) is 0 Å². The summed E-state index contributed by atoms with van der Waals surface area (Å²) >= 11 is 0. The second-order valence-corrected chi connectivity index (χ2v) is 6.33. The number of aryl methyl sites for hydroxylation is 1. The monoisotopic (exact) mass is 317 g/mol. The average molecular weight is 317 g/mol. The van der Waals surface area contributed by atoms with Gasteiger partial charge in [-0.3, -0.25) is 0 Å². The normalized spacial score (nSPS) is 14.4. The zero-order valence-electron chi connectivity index (χ0n) is 14.9. The first kappa shape index (κ1) is 17.9. The van der Waals surface area contributed by atoms with E-state index in [4.69, 9.17) is 6.42 Å².